The first-order valence-corrected chi connectivity index (χ1v) is 6.37. The summed E-state index contributed by atoms with van der Waals surface area (Å²) in [5.41, 5.74) is 7.07. The summed E-state index contributed by atoms with van der Waals surface area (Å²) < 4.78 is 14.0. The van der Waals surface area contributed by atoms with Crippen LogP contribution >= 0.6 is 15.9 Å². The Balaban J connectivity index is 2.31. The van der Waals surface area contributed by atoms with Gasteiger partial charge in [-0.2, -0.15) is 0 Å². The molecule has 0 aromatic heterocycles. The zero-order valence-corrected chi connectivity index (χ0v) is 10.9. The van der Waals surface area contributed by atoms with Gasteiger partial charge in [-0.05, 0) is 46.6 Å². The van der Waals surface area contributed by atoms with Gasteiger partial charge in [0, 0.05) is 12.6 Å². The van der Waals surface area contributed by atoms with Crippen LogP contribution in [0.25, 0.3) is 0 Å². The maximum Gasteiger partial charge on any atom is 0.137 e. The number of nitrogens with zero attached hydrogens (tertiary/aromatic N) is 1. The average molecular weight is 287 g/mol. The monoisotopic (exact) mass is 286 g/mol. The van der Waals surface area contributed by atoms with Gasteiger partial charge in [0.25, 0.3) is 0 Å². The smallest absolute Gasteiger partial charge is 0.137 e. The maximum atomic E-state index is 13.5. The molecule has 1 aliphatic heterocycles. The Kier molecular flexibility index (Phi) is 3.62. The molecule has 0 radical (unpaired) electrons. The van der Waals surface area contributed by atoms with Crippen molar-refractivity contribution in [1.82, 2.24) is 4.90 Å². The Bertz CT molecular complexity index is 383. The van der Waals surface area contributed by atoms with E-state index in [9.17, 15) is 4.39 Å². The highest BCUT2D eigenvalue weighted by Gasteiger charge is 2.31. The van der Waals surface area contributed by atoms with E-state index in [-0.39, 0.29) is 17.9 Å². The van der Waals surface area contributed by atoms with E-state index < -0.39 is 0 Å². The molecule has 2 unspecified atom stereocenters. The Labute approximate surface area is 104 Å². The third-order valence-corrected chi connectivity index (χ3v) is 3.88. The summed E-state index contributed by atoms with van der Waals surface area (Å²) in [6.07, 6.45) is 0.982. The quantitative estimate of drug-likeness (QED) is 0.906. The second kappa shape index (κ2) is 4.82. The van der Waals surface area contributed by atoms with E-state index in [4.69, 9.17) is 5.73 Å². The summed E-state index contributed by atoms with van der Waals surface area (Å²) in [4.78, 5) is 2.30. The minimum absolute atomic E-state index is 0.112. The first-order valence-electron chi connectivity index (χ1n) is 5.58. The van der Waals surface area contributed by atoms with E-state index in [0.717, 1.165) is 25.1 Å². The molecular formula is C12H16BrFN2. The molecule has 2 rings (SSSR count). The van der Waals surface area contributed by atoms with Crippen LogP contribution in [0, 0.1) is 5.82 Å². The SMILES string of the molecule is CCN1CCC(N)C1c1ccc(Br)c(F)c1. The van der Waals surface area contributed by atoms with Gasteiger partial charge in [0.05, 0.1) is 10.5 Å². The second-order valence-corrected chi connectivity index (χ2v) is 5.05. The van der Waals surface area contributed by atoms with Gasteiger partial charge < -0.3 is 5.73 Å². The van der Waals surface area contributed by atoms with Crippen molar-refractivity contribution in [2.45, 2.75) is 25.4 Å². The molecule has 1 aliphatic rings. The largest absolute Gasteiger partial charge is 0.326 e. The summed E-state index contributed by atoms with van der Waals surface area (Å²) in [5.74, 6) is -0.215. The zero-order valence-electron chi connectivity index (χ0n) is 9.29. The lowest BCUT2D eigenvalue weighted by Gasteiger charge is -2.25. The molecule has 16 heavy (non-hydrogen) atoms. The molecule has 1 aromatic rings. The van der Waals surface area contributed by atoms with Crippen molar-refractivity contribution >= 4 is 15.9 Å². The van der Waals surface area contributed by atoms with E-state index >= 15 is 0 Å². The first kappa shape index (κ1) is 12.0. The first-order chi connectivity index (χ1) is 7.63. The van der Waals surface area contributed by atoms with Gasteiger partial charge in [0.1, 0.15) is 5.82 Å². The summed E-state index contributed by atoms with van der Waals surface area (Å²) in [6.45, 7) is 4.07. The fraction of sp³-hybridized carbons (Fsp3) is 0.500. The molecule has 0 saturated carbocycles. The van der Waals surface area contributed by atoms with Crippen molar-refractivity contribution in [2.24, 2.45) is 5.73 Å². The predicted octanol–water partition coefficient (Wildman–Crippen LogP) is 2.68. The summed E-state index contributed by atoms with van der Waals surface area (Å²) >= 11 is 3.17. The fourth-order valence-corrected chi connectivity index (χ4v) is 2.64. The lowest BCUT2D eigenvalue weighted by molar-refractivity contribution is 0.260. The van der Waals surface area contributed by atoms with Gasteiger partial charge in [0.2, 0.25) is 0 Å². The molecule has 2 N–H and O–H groups in total. The van der Waals surface area contributed by atoms with Crippen LogP contribution in [0.2, 0.25) is 0 Å². The Hall–Kier alpha value is -0.450. The number of benzene rings is 1. The molecule has 2 atom stereocenters. The Morgan fingerprint density at radius 2 is 2.31 bits per heavy atom. The zero-order chi connectivity index (χ0) is 11.7. The van der Waals surface area contributed by atoms with E-state index in [0.29, 0.717) is 4.47 Å². The molecule has 0 spiro atoms. The second-order valence-electron chi connectivity index (χ2n) is 4.20. The van der Waals surface area contributed by atoms with E-state index in [1.807, 2.05) is 6.07 Å². The van der Waals surface area contributed by atoms with Crippen LogP contribution in [-0.2, 0) is 0 Å². The molecule has 1 fully saturated rings. The molecular weight excluding hydrogens is 271 g/mol. The topological polar surface area (TPSA) is 29.3 Å². The molecule has 4 heteroatoms. The van der Waals surface area contributed by atoms with Gasteiger partial charge >= 0.3 is 0 Å². The van der Waals surface area contributed by atoms with Crippen molar-refractivity contribution < 1.29 is 4.39 Å². The van der Waals surface area contributed by atoms with Crippen molar-refractivity contribution in [1.29, 1.82) is 0 Å². The van der Waals surface area contributed by atoms with E-state index in [2.05, 4.69) is 27.8 Å². The van der Waals surface area contributed by atoms with Gasteiger partial charge in [-0.25, -0.2) is 4.39 Å². The van der Waals surface area contributed by atoms with Crippen LogP contribution in [0.3, 0.4) is 0 Å². The number of nitrogens with two attached hydrogens (primary N) is 1. The average Bonchev–Trinajstić information content (AvgIpc) is 2.64. The standard InChI is InChI=1S/C12H16BrFN2/c1-2-16-6-5-11(15)12(16)8-3-4-9(13)10(14)7-8/h3-4,7,11-12H,2,5-6,15H2,1H3. The summed E-state index contributed by atoms with van der Waals surface area (Å²) in [5, 5.41) is 0. The van der Waals surface area contributed by atoms with Gasteiger partial charge in [-0.3, -0.25) is 4.90 Å². The molecule has 1 aromatic carbocycles. The highest BCUT2D eigenvalue weighted by Crippen LogP contribution is 2.32. The Morgan fingerprint density at radius 3 is 2.94 bits per heavy atom. The molecule has 1 saturated heterocycles. The molecule has 2 nitrogen and oxygen atoms in total. The molecule has 0 amide bonds. The summed E-state index contributed by atoms with van der Waals surface area (Å²) in [6, 6.07) is 5.56. The molecule has 0 bridgehead atoms. The normalized spacial score (nSPS) is 26.2. The third-order valence-electron chi connectivity index (χ3n) is 3.24. The number of halogens is 2. The number of likely N-dealkylation sites (N-methyl/N-ethyl adjacent to an activating group) is 1. The highest BCUT2D eigenvalue weighted by atomic mass is 79.9. The minimum atomic E-state index is -0.215. The van der Waals surface area contributed by atoms with Crippen molar-refractivity contribution in [3.63, 3.8) is 0 Å². The summed E-state index contributed by atoms with van der Waals surface area (Å²) in [7, 11) is 0. The third kappa shape index (κ3) is 2.14. The number of hydrogen-bond donors (Lipinski definition) is 1. The van der Waals surface area contributed by atoms with Gasteiger partial charge in [0.15, 0.2) is 0 Å². The highest BCUT2D eigenvalue weighted by molar-refractivity contribution is 9.10. The van der Waals surface area contributed by atoms with Crippen molar-refractivity contribution in [2.75, 3.05) is 13.1 Å². The van der Waals surface area contributed by atoms with Gasteiger partial charge in [-0.15, -0.1) is 0 Å². The maximum absolute atomic E-state index is 13.5. The van der Waals surface area contributed by atoms with E-state index in [1.54, 1.807) is 12.1 Å². The predicted molar refractivity (Wildman–Crippen MR) is 66.7 cm³/mol. The molecule has 0 aliphatic carbocycles. The number of likely N-dealkylation sites (tertiary alicyclic amines) is 1. The van der Waals surface area contributed by atoms with Crippen LogP contribution < -0.4 is 5.73 Å². The van der Waals surface area contributed by atoms with Gasteiger partial charge in [-0.1, -0.05) is 13.0 Å². The van der Waals surface area contributed by atoms with Crippen LogP contribution in [0.4, 0.5) is 4.39 Å². The van der Waals surface area contributed by atoms with Crippen molar-refractivity contribution in [3.8, 4) is 0 Å². The van der Waals surface area contributed by atoms with Crippen LogP contribution in [-0.4, -0.2) is 24.0 Å². The van der Waals surface area contributed by atoms with Crippen LogP contribution in [0.15, 0.2) is 22.7 Å². The minimum Gasteiger partial charge on any atom is -0.326 e. The lowest BCUT2D eigenvalue weighted by atomic mass is 10.0. The van der Waals surface area contributed by atoms with Crippen LogP contribution in [0.1, 0.15) is 24.9 Å². The number of hydrogen-bond acceptors (Lipinski definition) is 2. The molecule has 88 valence electrons. The van der Waals surface area contributed by atoms with E-state index in [1.165, 1.54) is 0 Å². The molecule has 1 heterocycles. The van der Waals surface area contributed by atoms with Crippen molar-refractivity contribution in [3.05, 3.63) is 34.1 Å². The number of rotatable bonds is 2. The lowest BCUT2D eigenvalue weighted by Crippen LogP contribution is -2.31. The fourth-order valence-electron chi connectivity index (χ4n) is 2.39. The Morgan fingerprint density at radius 1 is 1.56 bits per heavy atom. The van der Waals surface area contributed by atoms with Crippen LogP contribution in [0.5, 0.6) is 0 Å².